The first-order valence-corrected chi connectivity index (χ1v) is 5.48. The van der Waals surface area contributed by atoms with Gasteiger partial charge in [-0.15, -0.1) is 0 Å². The molecular weight excluding hydrogens is 214 g/mol. The molecule has 1 aromatic carbocycles. The van der Waals surface area contributed by atoms with Gasteiger partial charge in [0.2, 0.25) is 6.79 Å². The molecule has 0 fully saturated rings. The fourth-order valence-electron chi connectivity index (χ4n) is 1.90. The van der Waals surface area contributed by atoms with Gasteiger partial charge in [0.15, 0.2) is 11.5 Å². The van der Waals surface area contributed by atoms with Gasteiger partial charge in [-0.25, -0.2) is 0 Å². The maximum atomic E-state index is 5.38. The molecule has 0 amide bonds. The fraction of sp³-hybridized carbons (Fsp3) is 0.143. The first-order chi connectivity index (χ1) is 8.34. The minimum absolute atomic E-state index is 0.313. The average Bonchev–Trinajstić information content (AvgIpc) is 2.86. The molecule has 1 aliphatic rings. The number of nitrogens with zero attached hydrogens (tertiary/aromatic N) is 1. The third-order valence-corrected chi connectivity index (χ3v) is 2.92. The first-order valence-electron chi connectivity index (χ1n) is 5.48. The smallest absolute Gasteiger partial charge is 0.231 e. The van der Waals surface area contributed by atoms with Crippen LogP contribution in [0.15, 0.2) is 42.7 Å². The van der Waals surface area contributed by atoms with E-state index >= 15 is 0 Å². The van der Waals surface area contributed by atoms with E-state index in [2.05, 4.69) is 11.9 Å². The van der Waals surface area contributed by atoms with E-state index in [1.807, 2.05) is 30.3 Å². The summed E-state index contributed by atoms with van der Waals surface area (Å²) in [7, 11) is 0. The van der Waals surface area contributed by atoms with Crippen LogP contribution in [-0.2, 0) is 0 Å². The zero-order valence-electron chi connectivity index (χ0n) is 9.51. The topological polar surface area (TPSA) is 31.4 Å². The number of ether oxygens (including phenoxy) is 2. The minimum Gasteiger partial charge on any atom is -0.454 e. The Kier molecular flexibility index (Phi) is 2.44. The fourth-order valence-corrected chi connectivity index (χ4v) is 1.90. The Hall–Kier alpha value is -2.03. The van der Waals surface area contributed by atoms with Gasteiger partial charge < -0.3 is 9.47 Å². The van der Waals surface area contributed by atoms with Crippen LogP contribution in [0, 0.1) is 5.92 Å². The molecule has 0 atom stereocenters. The zero-order chi connectivity index (χ0) is 11.7. The van der Waals surface area contributed by atoms with Crippen LogP contribution < -0.4 is 9.47 Å². The summed E-state index contributed by atoms with van der Waals surface area (Å²) in [6.07, 6.45) is 3.59. The number of benzene rings is 1. The molecule has 2 heterocycles. The van der Waals surface area contributed by atoms with Gasteiger partial charge in [0.05, 0.1) is 0 Å². The number of hydrogen-bond donors (Lipinski definition) is 0. The largest absolute Gasteiger partial charge is 0.454 e. The van der Waals surface area contributed by atoms with Crippen molar-refractivity contribution in [2.24, 2.45) is 0 Å². The number of fused-ring (bicyclic) bond motifs is 1. The van der Waals surface area contributed by atoms with Crippen molar-refractivity contribution in [2.45, 2.75) is 6.92 Å². The molecule has 0 spiro atoms. The van der Waals surface area contributed by atoms with Crippen molar-refractivity contribution in [1.82, 2.24) is 4.98 Å². The number of aromatic nitrogens is 1. The lowest BCUT2D eigenvalue weighted by molar-refractivity contribution is 0.174. The SMILES string of the molecule is C[C](c1ccncc1)c1ccc2c(c1)OCO2. The molecule has 0 bridgehead atoms. The van der Waals surface area contributed by atoms with Gasteiger partial charge in [-0.05, 0) is 35.4 Å². The molecule has 17 heavy (non-hydrogen) atoms. The molecular formula is C14H12NO2. The monoisotopic (exact) mass is 226 g/mol. The summed E-state index contributed by atoms with van der Waals surface area (Å²) in [6.45, 7) is 2.40. The van der Waals surface area contributed by atoms with E-state index in [1.54, 1.807) is 12.4 Å². The van der Waals surface area contributed by atoms with Crippen molar-refractivity contribution in [1.29, 1.82) is 0 Å². The van der Waals surface area contributed by atoms with Gasteiger partial charge in [-0.3, -0.25) is 4.98 Å². The van der Waals surface area contributed by atoms with Crippen LogP contribution in [0.4, 0.5) is 0 Å². The van der Waals surface area contributed by atoms with Crippen LogP contribution in [0.5, 0.6) is 11.5 Å². The van der Waals surface area contributed by atoms with Crippen LogP contribution in [-0.4, -0.2) is 11.8 Å². The van der Waals surface area contributed by atoms with E-state index in [0.29, 0.717) is 6.79 Å². The molecule has 1 radical (unpaired) electrons. The standard InChI is InChI=1S/C14H12NO2/c1-10(11-4-6-15-7-5-11)12-2-3-13-14(8-12)17-9-16-13/h2-8H,9H2,1H3. The summed E-state index contributed by atoms with van der Waals surface area (Å²) >= 11 is 0. The van der Waals surface area contributed by atoms with Crippen LogP contribution in [0.2, 0.25) is 0 Å². The van der Waals surface area contributed by atoms with Crippen molar-refractivity contribution in [3.8, 4) is 11.5 Å². The second-order valence-electron chi connectivity index (χ2n) is 3.93. The number of pyridine rings is 1. The lowest BCUT2D eigenvalue weighted by atomic mass is 9.94. The number of rotatable bonds is 2. The Labute approximate surface area is 100 Å². The van der Waals surface area contributed by atoms with Gasteiger partial charge in [0.1, 0.15) is 0 Å². The summed E-state index contributed by atoms with van der Waals surface area (Å²) in [4.78, 5) is 4.02. The predicted molar refractivity (Wildman–Crippen MR) is 63.9 cm³/mol. The van der Waals surface area contributed by atoms with Crippen LogP contribution >= 0.6 is 0 Å². The quantitative estimate of drug-likeness (QED) is 0.789. The molecule has 0 N–H and O–H groups in total. The van der Waals surface area contributed by atoms with Gasteiger partial charge in [-0.2, -0.15) is 0 Å². The van der Waals surface area contributed by atoms with E-state index in [1.165, 1.54) is 11.5 Å². The Bertz CT molecular complexity index is 525. The van der Waals surface area contributed by atoms with Crippen molar-refractivity contribution in [2.75, 3.05) is 6.79 Å². The molecule has 3 rings (SSSR count). The van der Waals surface area contributed by atoms with Gasteiger partial charge in [-0.1, -0.05) is 13.0 Å². The molecule has 0 aliphatic carbocycles. The zero-order valence-corrected chi connectivity index (χ0v) is 9.51. The predicted octanol–water partition coefficient (Wildman–Crippen LogP) is 2.80. The van der Waals surface area contributed by atoms with Crippen molar-refractivity contribution < 1.29 is 9.47 Å². The summed E-state index contributed by atoms with van der Waals surface area (Å²) in [5, 5.41) is 0. The van der Waals surface area contributed by atoms with E-state index in [0.717, 1.165) is 17.1 Å². The molecule has 2 aromatic rings. The molecule has 0 unspecified atom stereocenters. The molecule has 0 saturated carbocycles. The van der Waals surface area contributed by atoms with Crippen LogP contribution in [0.25, 0.3) is 0 Å². The highest BCUT2D eigenvalue weighted by molar-refractivity contribution is 5.52. The van der Waals surface area contributed by atoms with Crippen molar-refractivity contribution in [3.63, 3.8) is 0 Å². The maximum Gasteiger partial charge on any atom is 0.231 e. The highest BCUT2D eigenvalue weighted by atomic mass is 16.7. The summed E-state index contributed by atoms with van der Waals surface area (Å²) < 4.78 is 10.7. The Balaban J connectivity index is 1.94. The summed E-state index contributed by atoms with van der Waals surface area (Å²) in [5.74, 6) is 2.83. The molecule has 85 valence electrons. The van der Waals surface area contributed by atoms with E-state index < -0.39 is 0 Å². The molecule has 3 nitrogen and oxygen atoms in total. The highest BCUT2D eigenvalue weighted by Crippen LogP contribution is 2.35. The first kappa shape index (κ1) is 10.1. The van der Waals surface area contributed by atoms with E-state index in [4.69, 9.17) is 9.47 Å². The van der Waals surface area contributed by atoms with Crippen LogP contribution in [0.3, 0.4) is 0 Å². The summed E-state index contributed by atoms with van der Waals surface area (Å²) in [5.41, 5.74) is 2.30. The Morgan fingerprint density at radius 1 is 1.00 bits per heavy atom. The lowest BCUT2D eigenvalue weighted by Crippen LogP contribution is -1.97. The molecule has 1 aliphatic heterocycles. The Morgan fingerprint density at radius 3 is 2.59 bits per heavy atom. The second-order valence-corrected chi connectivity index (χ2v) is 3.93. The summed E-state index contributed by atoms with van der Waals surface area (Å²) in [6, 6.07) is 10.0. The highest BCUT2D eigenvalue weighted by Gasteiger charge is 2.16. The minimum atomic E-state index is 0.313. The Morgan fingerprint density at radius 2 is 1.76 bits per heavy atom. The van der Waals surface area contributed by atoms with Crippen molar-refractivity contribution >= 4 is 0 Å². The maximum absolute atomic E-state index is 5.38. The molecule has 0 saturated heterocycles. The second kappa shape index (κ2) is 4.09. The lowest BCUT2D eigenvalue weighted by Gasteiger charge is -2.11. The average molecular weight is 226 g/mol. The van der Waals surface area contributed by atoms with E-state index in [-0.39, 0.29) is 0 Å². The molecule has 1 aromatic heterocycles. The van der Waals surface area contributed by atoms with Crippen molar-refractivity contribution in [3.05, 3.63) is 59.8 Å². The third kappa shape index (κ3) is 1.84. The van der Waals surface area contributed by atoms with E-state index in [9.17, 15) is 0 Å². The normalized spacial score (nSPS) is 13.1. The van der Waals surface area contributed by atoms with Gasteiger partial charge >= 0.3 is 0 Å². The van der Waals surface area contributed by atoms with Gasteiger partial charge in [0.25, 0.3) is 0 Å². The van der Waals surface area contributed by atoms with Crippen LogP contribution in [0.1, 0.15) is 18.1 Å². The van der Waals surface area contributed by atoms with Gasteiger partial charge in [0, 0.05) is 18.3 Å². The number of hydrogen-bond acceptors (Lipinski definition) is 3. The third-order valence-electron chi connectivity index (χ3n) is 2.92. The molecule has 3 heteroatoms.